The van der Waals surface area contributed by atoms with Crippen molar-refractivity contribution in [2.24, 2.45) is 16.7 Å². The normalized spacial score (nSPS) is 24.0. The zero-order valence-corrected chi connectivity index (χ0v) is 23.2. The van der Waals surface area contributed by atoms with E-state index in [2.05, 4.69) is 0 Å². The van der Waals surface area contributed by atoms with Crippen LogP contribution in [0.1, 0.15) is 51.0 Å². The zero-order valence-electron chi connectivity index (χ0n) is 22.4. The van der Waals surface area contributed by atoms with Crippen LogP contribution in [0.15, 0.2) is 41.3 Å². The Bertz CT molecular complexity index is 1480. The molecule has 1 heterocycles. The number of sulfone groups is 1. The van der Waals surface area contributed by atoms with Gasteiger partial charge in [-0.15, -0.1) is 0 Å². The predicted octanol–water partition coefficient (Wildman–Crippen LogP) is 7.14. The highest BCUT2D eigenvalue weighted by molar-refractivity contribution is 7.92. The van der Waals surface area contributed by atoms with Crippen LogP contribution in [0, 0.1) is 22.6 Å². The van der Waals surface area contributed by atoms with Crippen molar-refractivity contribution in [2.45, 2.75) is 67.9 Å². The summed E-state index contributed by atoms with van der Waals surface area (Å²) in [5, 5.41) is 9.78. The molecule has 0 aromatic heterocycles. The number of anilines is 2. The number of aliphatic carboxylic acids is 1. The molecule has 1 spiro atoms. The van der Waals surface area contributed by atoms with E-state index in [1.165, 1.54) is 0 Å². The van der Waals surface area contributed by atoms with E-state index in [-0.39, 0.29) is 23.9 Å². The van der Waals surface area contributed by atoms with Gasteiger partial charge in [-0.25, -0.2) is 26.0 Å². The number of rotatable bonds is 8. The molecule has 2 atom stereocenters. The fourth-order valence-electron chi connectivity index (χ4n) is 6.09. The molecule has 1 N–H and O–H groups in total. The van der Waals surface area contributed by atoms with Crippen LogP contribution in [0.5, 0.6) is 5.75 Å². The number of carboxylic acid groups (broad SMARTS) is 1. The standard InChI is InChI=1S/C28H28F7NO5S/c1-25(31,32)7-6-16-12-36(18-4-2-17(29)3-5-18)20-10-19(28(33,34)35)21(11-22(20)42(39,40)23(16)30)41-15-27(24(37)38)13-26(14-27)8-9-26/h2-5,10-11,16,23H,6-9,12-15H2,1H3,(H,37,38)/t16-,23+/m1/s1. The molecular weight excluding hydrogens is 595 g/mol. The van der Waals surface area contributed by atoms with Crippen LogP contribution in [0.25, 0.3) is 0 Å². The van der Waals surface area contributed by atoms with Gasteiger partial charge in [0.15, 0.2) is 0 Å². The van der Waals surface area contributed by atoms with Crippen LogP contribution in [-0.4, -0.2) is 44.1 Å². The van der Waals surface area contributed by atoms with Gasteiger partial charge >= 0.3 is 12.1 Å². The number of alkyl halides is 6. The third kappa shape index (κ3) is 5.66. The van der Waals surface area contributed by atoms with E-state index in [4.69, 9.17) is 4.74 Å². The quantitative estimate of drug-likeness (QED) is 0.315. The average molecular weight is 624 g/mol. The summed E-state index contributed by atoms with van der Waals surface area (Å²) in [4.78, 5) is 12.2. The number of carbonyl (C=O) groups is 1. The van der Waals surface area contributed by atoms with Gasteiger partial charge in [0.25, 0.3) is 0 Å². The fourth-order valence-corrected chi connectivity index (χ4v) is 7.80. The Balaban J connectivity index is 1.62. The number of nitrogens with zero attached hydrogens (tertiary/aromatic N) is 1. The molecule has 0 radical (unpaired) electrons. The smallest absolute Gasteiger partial charge is 0.420 e. The summed E-state index contributed by atoms with van der Waals surface area (Å²) in [7, 11) is -5.07. The van der Waals surface area contributed by atoms with Gasteiger partial charge < -0.3 is 14.7 Å². The molecule has 2 aromatic carbocycles. The zero-order chi connectivity index (χ0) is 30.9. The summed E-state index contributed by atoms with van der Waals surface area (Å²) < 4.78 is 132. The molecule has 3 aliphatic rings. The van der Waals surface area contributed by atoms with Gasteiger partial charge in [0, 0.05) is 30.6 Å². The number of benzene rings is 2. The Hall–Kier alpha value is -3.03. The van der Waals surface area contributed by atoms with E-state index in [0.717, 1.165) is 42.0 Å². The van der Waals surface area contributed by atoms with Crippen LogP contribution in [0.3, 0.4) is 0 Å². The summed E-state index contributed by atoms with van der Waals surface area (Å²) in [5.41, 5.74) is -6.40. The first-order valence-electron chi connectivity index (χ1n) is 13.3. The van der Waals surface area contributed by atoms with Crippen molar-refractivity contribution >= 4 is 27.2 Å². The lowest BCUT2D eigenvalue weighted by atomic mass is 9.60. The topological polar surface area (TPSA) is 83.9 Å². The molecule has 5 rings (SSSR count). The largest absolute Gasteiger partial charge is 0.492 e. The summed E-state index contributed by atoms with van der Waals surface area (Å²) in [6, 6.07) is 5.22. The first-order valence-corrected chi connectivity index (χ1v) is 14.8. The van der Waals surface area contributed by atoms with E-state index in [1.54, 1.807) is 0 Å². The van der Waals surface area contributed by atoms with Gasteiger partial charge in [-0.2, -0.15) is 13.2 Å². The minimum Gasteiger partial charge on any atom is -0.492 e. The van der Waals surface area contributed by atoms with Crippen LogP contribution in [0.2, 0.25) is 0 Å². The van der Waals surface area contributed by atoms with E-state index in [0.29, 0.717) is 19.1 Å². The van der Waals surface area contributed by atoms with E-state index >= 15 is 4.39 Å². The maximum atomic E-state index is 15.7. The molecule has 2 saturated carbocycles. The Morgan fingerprint density at radius 3 is 2.24 bits per heavy atom. The lowest BCUT2D eigenvalue weighted by Gasteiger charge is -2.44. The van der Waals surface area contributed by atoms with Crippen LogP contribution < -0.4 is 9.64 Å². The van der Waals surface area contributed by atoms with Gasteiger partial charge in [0.05, 0.1) is 16.1 Å². The van der Waals surface area contributed by atoms with Gasteiger partial charge in [-0.1, -0.05) is 0 Å². The third-order valence-electron chi connectivity index (χ3n) is 8.48. The monoisotopic (exact) mass is 623 g/mol. The number of hydrogen-bond acceptors (Lipinski definition) is 5. The second kappa shape index (κ2) is 10.0. The number of halogens is 7. The number of ether oxygens (including phenoxy) is 1. The van der Waals surface area contributed by atoms with E-state index in [1.807, 2.05) is 0 Å². The second-order valence-corrected chi connectivity index (χ2v) is 13.9. The van der Waals surface area contributed by atoms with Crippen molar-refractivity contribution < 1.29 is 53.8 Å². The summed E-state index contributed by atoms with van der Waals surface area (Å²) in [6.45, 7) is -0.689. The molecular formula is C28H28F7NO5S. The van der Waals surface area contributed by atoms with Crippen LogP contribution >= 0.6 is 0 Å². The van der Waals surface area contributed by atoms with E-state index < -0.39 is 98.4 Å². The molecule has 230 valence electrons. The molecule has 0 amide bonds. The maximum Gasteiger partial charge on any atom is 0.420 e. The van der Waals surface area contributed by atoms with Gasteiger partial charge in [0.1, 0.15) is 23.6 Å². The minimum atomic E-state index is -5.11. The maximum absolute atomic E-state index is 15.7. The lowest BCUT2D eigenvalue weighted by molar-refractivity contribution is -0.163. The molecule has 1 aliphatic heterocycles. The molecule has 6 nitrogen and oxygen atoms in total. The Morgan fingerprint density at radius 1 is 1.10 bits per heavy atom. The molecule has 2 aromatic rings. The van der Waals surface area contributed by atoms with Crippen LogP contribution in [0.4, 0.5) is 42.1 Å². The molecule has 0 bridgehead atoms. The lowest BCUT2D eigenvalue weighted by Crippen LogP contribution is -2.49. The minimum absolute atomic E-state index is 0.00558. The van der Waals surface area contributed by atoms with Gasteiger partial charge in [-0.3, -0.25) is 4.79 Å². The van der Waals surface area contributed by atoms with Crippen molar-refractivity contribution in [3.05, 3.63) is 47.8 Å². The first-order chi connectivity index (χ1) is 19.4. The molecule has 42 heavy (non-hydrogen) atoms. The van der Waals surface area contributed by atoms with Crippen molar-refractivity contribution in [1.82, 2.24) is 0 Å². The average Bonchev–Trinajstić information content (AvgIpc) is 3.66. The molecule has 0 unspecified atom stereocenters. The molecule has 14 heteroatoms. The summed E-state index contributed by atoms with van der Waals surface area (Å²) >= 11 is 0. The number of hydrogen-bond donors (Lipinski definition) is 1. The third-order valence-corrected chi connectivity index (χ3v) is 10.4. The SMILES string of the molecule is CC(F)(F)CC[C@@H]1CN(c2ccc(F)cc2)c2cc(C(F)(F)F)c(OCC3(C(=O)O)CC4(CC4)C3)cc2S(=O)(=O)[C@@H]1F. The van der Waals surface area contributed by atoms with Crippen LogP contribution in [-0.2, 0) is 20.8 Å². The van der Waals surface area contributed by atoms with Crippen molar-refractivity contribution in [1.29, 1.82) is 0 Å². The van der Waals surface area contributed by atoms with Crippen molar-refractivity contribution in [2.75, 3.05) is 18.1 Å². The van der Waals surface area contributed by atoms with Crippen molar-refractivity contribution in [3.8, 4) is 5.75 Å². The molecule has 0 saturated heterocycles. The molecule has 2 fully saturated rings. The summed E-state index contributed by atoms with van der Waals surface area (Å²) in [6.07, 6.45) is -4.61. The highest BCUT2D eigenvalue weighted by atomic mass is 32.2. The Morgan fingerprint density at radius 2 is 1.71 bits per heavy atom. The highest BCUT2D eigenvalue weighted by Crippen LogP contribution is 2.68. The number of carboxylic acids is 1. The first kappa shape index (κ1) is 30.4. The summed E-state index contributed by atoms with van der Waals surface area (Å²) in [5.74, 6) is -7.81. The second-order valence-electron chi connectivity index (χ2n) is 11.9. The van der Waals surface area contributed by atoms with E-state index in [9.17, 15) is 44.7 Å². The highest BCUT2D eigenvalue weighted by Gasteiger charge is 2.65. The number of fused-ring (bicyclic) bond motifs is 1. The predicted molar refractivity (Wildman–Crippen MR) is 137 cm³/mol. The van der Waals surface area contributed by atoms with Crippen molar-refractivity contribution in [3.63, 3.8) is 0 Å². The Labute approximate surface area is 237 Å². The Kier molecular flexibility index (Phi) is 7.26. The van der Waals surface area contributed by atoms with Gasteiger partial charge in [-0.05, 0) is 74.8 Å². The fraction of sp³-hybridized carbons (Fsp3) is 0.536. The molecule has 2 aliphatic carbocycles. The van der Waals surface area contributed by atoms with Gasteiger partial charge in [0.2, 0.25) is 21.3 Å².